The second-order valence-corrected chi connectivity index (χ2v) is 5.89. The van der Waals surface area contributed by atoms with Crippen LogP contribution in [-0.2, 0) is 6.54 Å². The number of aryl methyl sites for hydroxylation is 1. The van der Waals surface area contributed by atoms with Crippen molar-refractivity contribution < 1.29 is 18.6 Å². The number of benzene rings is 1. The van der Waals surface area contributed by atoms with Gasteiger partial charge < -0.3 is 20.5 Å². The van der Waals surface area contributed by atoms with Crippen LogP contribution in [0.5, 0.6) is 5.75 Å². The zero-order valence-corrected chi connectivity index (χ0v) is 18.1. The maximum atomic E-state index is 12.2. The van der Waals surface area contributed by atoms with Crippen molar-refractivity contribution in [2.24, 2.45) is 4.99 Å². The first-order valence-corrected chi connectivity index (χ1v) is 8.72. The van der Waals surface area contributed by atoms with E-state index in [1.54, 1.807) is 6.20 Å². The molecule has 1 atom stereocenters. The third kappa shape index (κ3) is 8.38. The molecule has 0 saturated heterocycles. The Balaban J connectivity index is 0.00000392. The van der Waals surface area contributed by atoms with Crippen molar-refractivity contribution in [1.82, 2.24) is 20.4 Å². The quantitative estimate of drug-likeness (QED) is 0.275. The summed E-state index contributed by atoms with van der Waals surface area (Å²) in [4.78, 5) is 4.36. The zero-order valence-electron chi connectivity index (χ0n) is 15.8. The second-order valence-electron chi connectivity index (χ2n) is 5.89. The van der Waals surface area contributed by atoms with E-state index in [0.29, 0.717) is 31.2 Å². The lowest BCUT2D eigenvalue weighted by Gasteiger charge is -2.14. The molecule has 0 saturated carbocycles. The Bertz CT molecular complexity index is 725. The first-order valence-electron chi connectivity index (χ1n) is 8.72. The Labute approximate surface area is 180 Å². The molecular weight excluding hydrogens is 483 g/mol. The summed E-state index contributed by atoms with van der Waals surface area (Å²) in [6.07, 6.45) is 2.90. The van der Waals surface area contributed by atoms with Gasteiger partial charge in [0, 0.05) is 19.3 Å². The van der Waals surface area contributed by atoms with E-state index in [1.807, 2.05) is 24.7 Å². The van der Waals surface area contributed by atoms with E-state index in [-0.39, 0.29) is 36.3 Å². The molecule has 0 aliphatic carbocycles. The fourth-order valence-corrected chi connectivity index (χ4v) is 2.37. The number of aliphatic hydroxyl groups is 1. The van der Waals surface area contributed by atoms with Crippen molar-refractivity contribution >= 4 is 29.9 Å². The van der Waals surface area contributed by atoms with Crippen molar-refractivity contribution in [3.05, 3.63) is 47.8 Å². The minimum Gasteiger partial charge on any atom is -0.435 e. The number of aliphatic imine (C=N–C) groups is 1. The van der Waals surface area contributed by atoms with Crippen LogP contribution in [-0.4, -0.2) is 47.1 Å². The summed E-state index contributed by atoms with van der Waals surface area (Å²) < 4.78 is 30.5. The minimum atomic E-state index is -2.87. The molecule has 0 amide bonds. The number of nitrogens with zero attached hydrogens (tertiary/aromatic N) is 3. The van der Waals surface area contributed by atoms with Crippen molar-refractivity contribution in [3.63, 3.8) is 0 Å². The molecule has 28 heavy (non-hydrogen) atoms. The molecule has 7 nitrogen and oxygen atoms in total. The van der Waals surface area contributed by atoms with Gasteiger partial charge in [-0.1, -0.05) is 12.1 Å². The van der Waals surface area contributed by atoms with Crippen LogP contribution in [0.15, 0.2) is 41.7 Å². The van der Waals surface area contributed by atoms with E-state index in [4.69, 9.17) is 0 Å². The van der Waals surface area contributed by atoms with Crippen molar-refractivity contribution in [3.8, 4) is 5.75 Å². The smallest absolute Gasteiger partial charge is 0.387 e. The van der Waals surface area contributed by atoms with E-state index >= 15 is 0 Å². The Morgan fingerprint density at radius 2 is 2.00 bits per heavy atom. The maximum Gasteiger partial charge on any atom is 0.387 e. The maximum absolute atomic E-state index is 12.2. The summed E-state index contributed by atoms with van der Waals surface area (Å²) in [6, 6.07) is 5.87. The minimum absolute atomic E-state index is 0. The summed E-state index contributed by atoms with van der Waals surface area (Å²) in [6.45, 7) is 3.19. The van der Waals surface area contributed by atoms with E-state index in [2.05, 4.69) is 25.5 Å². The fraction of sp³-hybridized carbons (Fsp3) is 0.444. The van der Waals surface area contributed by atoms with Gasteiger partial charge in [-0.05, 0) is 37.1 Å². The fourth-order valence-electron chi connectivity index (χ4n) is 2.37. The van der Waals surface area contributed by atoms with Crippen LogP contribution in [0.3, 0.4) is 0 Å². The van der Waals surface area contributed by atoms with Gasteiger partial charge >= 0.3 is 6.61 Å². The van der Waals surface area contributed by atoms with Crippen LogP contribution in [0.2, 0.25) is 0 Å². The monoisotopic (exact) mass is 509 g/mol. The third-order valence-electron chi connectivity index (χ3n) is 3.65. The highest BCUT2D eigenvalue weighted by Crippen LogP contribution is 2.19. The molecule has 0 radical (unpaired) electrons. The van der Waals surface area contributed by atoms with Crippen LogP contribution in [0, 0.1) is 6.92 Å². The molecule has 0 aliphatic rings. The largest absolute Gasteiger partial charge is 0.435 e. The number of rotatable bonds is 9. The predicted octanol–water partition coefficient (Wildman–Crippen LogP) is 2.70. The number of hydrogen-bond donors (Lipinski definition) is 3. The lowest BCUT2D eigenvalue weighted by atomic mass is 10.1. The average Bonchev–Trinajstić information content (AvgIpc) is 3.04. The SMILES string of the molecule is CCNC(=NCC(O)c1ccc(OC(F)F)cc1)NCCn1cc(C)cn1.I. The summed E-state index contributed by atoms with van der Waals surface area (Å²) >= 11 is 0. The number of aliphatic hydroxyl groups excluding tert-OH is 1. The molecule has 1 unspecified atom stereocenters. The molecule has 2 aromatic rings. The van der Waals surface area contributed by atoms with Crippen LogP contribution in [0.25, 0.3) is 0 Å². The molecule has 0 aliphatic heterocycles. The highest BCUT2D eigenvalue weighted by Gasteiger charge is 2.09. The second kappa shape index (κ2) is 12.5. The molecule has 156 valence electrons. The first-order chi connectivity index (χ1) is 13.0. The van der Waals surface area contributed by atoms with Gasteiger partial charge in [-0.25, -0.2) is 0 Å². The van der Waals surface area contributed by atoms with Gasteiger partial charge in [0.1, 0.15) is 5.75 Å². The number of aromatic nitrogens is 2. The molecular formula is C18H26F2IN5O2. The normalized spacial score (nSPS) is 12.4. The predicted molar refractivity (Wildman–Crippen MR) is 114 cm³/mol. The van der Waals surface area contributed by atoms with E-state index in [0.717, 1.165) is 5.56 Å². The lowest BCUT2D eigenvalue weighted by Crippen LogP contribution is -2.39. The molecule has 1 heterocycles. The van der Waals surface area contributed by atoms with E-state index in [1.165, 1.54) is 24.3 Å². The molecule has 0 bridgehead atoms. The molecule has 1 aromatic carbocycles. The van der Waals surface area contributed by atoms with Crippen LogP contribution < -0.4 is 15.4 Å². The zero-order chi connectivity index (χ0) is 19.6. The number of guanidine groups is 1. The van der Waals surface area contributed by atoms with Gasteiger partial charge in [0.2, 0.25) is 0 Å². The first kappa shape index (κ1) is 24.1. The van der Waals surface area contributed by atoms with Crippen molar-refractivity contribution in [1.29, 1.82) is 0 Å². The van der Waals surface area contributed by atoms with Crippen LogP contribution in [0.4, 0.5) is 8.78 Å². The summed E-state index contributed by atoms with van der Waals surface area (Å²) in [7, 11) is 0. The number of ether oxygens (including phenoxy) is 1. The topological polar surface area (TPSA) is 83.7 Å². The van der Waals surface area contributed by atoms with E-state index in [9.17, 15) is 13.9 Å². The van der Waals surface area contributed by atoms with Gasteiger partial charge in [0.05, 0.1) is 25.4 Å². The summed E-state index contributed by atoms with van der Waals surface area (Å²) in [5.41, 5.74) is 1.67. The Kier molecular flexibility index (Phi) is 10.8. The Hall–Kier alpha value is -1.95. The van der Waals surface area contributed by atoms with Gasteiger partial charge in [-0.15, -0.1) is 24.0 Å². The molecule has 2 rings (SSSR count). The molecule has 0 fully saturated rings. The van der Waals surface area contributed by atoms with Gasteiger partial charge in [-0.2, -0.15) is 13.9 Å². The Morgan fingerprint density at radius 3 is 2.57 bits per heavy atom. The highest BCUT2D eigenvalue weighted by molar-refractivity contribution is 14.0. The average molecular weight is 509 g/mol. The van der Waals surface area contributed by atoms with Gasteiger partial charge in [-0.3, -0.25) is 9.67 Å². The third-order valence-corrected chi connectivity index (χ3v) is 3.65. The van der Waals surface area contributed by atoms with Crippen LogP contribution in [0.1, 0.15) is 24.2 Å². The summed E-state index contributed by atoms with van der Waals surface area (Å²) in [5, 5.41) is 20.8. The molecule has 3 N–H and O–H groups in total. The Morgan fingerprint density at radius 1 is 1.29 bits per heavy atom. The lowest BCUT2D eigenvalue weighted by molar-refractivity contribution is -0.0498. The van der Waals surface area contributed by atoms with Crippen molar-refractivity contribution in [2.45, 2.75) is 33.1 Å². The summed E-state index contributed by atoms with van der Waals surface area (Å²) in [5.74, 6) is 0.631. The van der Waals surface area contributed by atoms with Crippen molar-refractivity contribution in [2.75, 3.05) is 19.6 Å². The van der Waals surface area contributed by atoms with Crippen LogP contribution >= 0.6 is 24.0 Å². The number of alkyl halides is 2. The molecule has 10 heteroatoms. The van der Waals surface area contributed by atoms with Gasteiger partial charge in [0.25, 0.3) is 0 Å². The van der Waals surface area contributed by atoms with Gasteiger partial charge in [0.15, 0.2) is 5.96 Å². The number of halogens is 3. The highest BCUT2D eigenvalue weighted by atomic mass is 127. The standard InChI is InChI=1S/C18H25F2N5O2.HI/c1-3-21-18(22-8-9-25-12-13(2)10-24-25)23-11-16(26)14-4-6-15(7-5-14)27-17(19)20;/h4-7,10,12,16-17,26H,3,8-9,11H2,1-2H3,(H2,21,22,23);1H. The molecule has 1 aromatic heterocycles. The number of hydrogen-bond acceptors (Lipinski definition) is 4. The molecule has 0 spiro atoms. The number of nitrogens with one attached hydrogen (secondary N) is 2. The van der Waals surface area contributed by atoms with E-state index < -0.39 is 12.7 Å².